The van der Waals surface area contributed by atoms with E-state index in [2.05, 4.69) is 6.92 Å². The SMILES string of the molecule is CCCCCCCCc1cc(S(=O)(=O)[O-])ccc1Oc1ccccc1.[K+]. The van der Waals surface area contributed by atoms with Crippen molar-refractivity contribution in [1.29, 1.82) is 0 Å². The third-order valence-electron chi connectivity index (χ3n) is 4.09. The van der Waals surface area contributed by atoms with E-state index >= 15 is 0 Å². The number of ether oxygens (including phenoxy) is 1. The number of aryl methyl sites for hydroxylation is 1. The van der Waals surface area contributed by atoms with Gasteiger partial charge in [-0.3, -0.25) is 0 Å². The molecule has 0 radical (unpaired) electrons. The first kappa shape index (κ1) is 23.8. The van der Waals surface area contributed by atoms with Gasteiger partial charge in [0, 0.05) is 0 Å². The number of hydrogen-bond donors (Lipinski definition) is 0. The summed E-state index contributed by atoms with van der Waals surface area (Å²) < 4.78 is 39.8. The van der Waals surface area contributed by atoms with Crippen LogP contribution in [-0.4, -0.2) is 13.0 Å². The summed E-state index contributed by atoms with van der Waals surface area (Å²) in [7, 11) is -4.46. The zero-order valence-electron chi connectivity index (χ0n) is 15.6. The van der Waals surface area contributed by atoms with Crippen LogP contribution in [0.5, 0.6) is 11.5 Å². The van der Waals surface area contributed by atoms with Crippen molar-refractivity contribution in [3.05, 3.63) is 54.1 Å². The molecule has 0 spiro atoms. The van der Waals surface area contributed by atoms with E-state index in [1.807, 2.05) is 30.3 Å². The van der Waals surface area contributed by atoms with Crippen molar-refractivity contribution in [2.45, 2.75) is 56.8 Å². The quantitative estimate of drug-likeness (QED) is 0.349. The largest absolute Gasteiger partial charge is 1.00 e. The molecule has 4 nitrogen and oxygen atoms in total. The fourth-order valence-corrected chi connectivity index (χ4v) is 3.24. The molecule has 0 saturated carbocycles. The molecule has 2 aromatic carbocycles. The molecule has 0 heterocycles. The normalized spacial score (nSPS) is 11.0. The first-order valence-electron chi connectivity index (χ1n) is 8.82. The maximum Gasteiger partial charge on any atom is 1.00 e. The summed E-state index contributed by atoms with van der Waals surface area (Å²) in [6.45, 7) is 2.18. The second-order valence-electron chi connectivity index (χ2n) is 6.16. The summed E-state index contributed by atoms with van der Waals surface area (Å²) in [5, 5.41) is 0. The van der Waals surface area contributed by atoms with Crippen molar-refractivity contribution in [3.8, 4) is 11.5 Å². The number of benzene rings is 2. The second-order valence-corrected chi connectivity index (χ2v) is 7.54. The van der Waals surface area contributed by atoms with Crippen LogP contribution in [0.2, 0.25) is 0 Å². The molecule has 0 aromatic heterocycles. The van der Waals surface area contributed by atoms with Gasteiger partial charge in [-0.15, -0.1) is 0 Å². The van der Waals surface area contributed by atoms with E-state index in [4.69, 9.17) is 4.74 Å². The predicted molar refractivity (Wildman–Crippen MR) is 98.0 cm³/mol. The fraction of sp³-hybridized carbons (Fsp3) is 0.400. The number of para-hydroxylation sites is 1. The van der Waals surface area contributed by atoms with Gasteiger partial charge in [0.1, 0.15) is 21.6 Å². The second kappa shape index (κ2) is 12.3. The summed E-state index contributed by atoms with van der Waals surface area (Å²) in [6.07, 6.45) is 7.56. The van der Waals surface area contributed by atoms with Gasteiger partial charge in [-0.05, 0) is 48.7 Å². The van der Waals surface area contributed by atoms with Crippen molar-refractivity contribution in [3.63, 3.8) is 0 Å². The average molecular weight is 401 g/mol. The maximum atomic E-state index is 11.3. The summed E-state index contributed by atoms with van der Waals surface area (Å²) in [6, 6.07) is 13.7. The predicted octanol–water partition coefficient (Wildman–Crippen LogP) is 2.29. The fourth-order valence-electron chi connectivity index (χ4n) is 2.72. The Kier molecular flexibility index (Phi) is 11.3. The van der Waals surface area contributed by atoms with Crippen LogP contribution in [0.15, 0.2) is 53.4 Å². The molecule has 0 atom stereocenters. The van der Waals surface area contributed by atoms with Crippen molar-refractivity contribution in [1.82, 2.24) is 0 Å². The molecule has 136 valence electrons. The Morgan fingerprint density at radius 3 is 2.23 bits per heavy atom. The summed E-state index contributed by atoms with van der Waals surface area (Å²) in [5.74, 6) is 1.29. The molecule has 0 fully saturated rings. The van der Waals surface area contributed by atoms with E-state index in [-0.39, 0.29) is 56.3 Å². The van der Waals surface area contributed by atoms with Crippen LogP contribution in [-0.2, 0) is 16.5 Å². The van der Waals surface area contributed by atoms with Crippen LogP contribution in [0.3, 0.4) is 0 Å². The molecule has 26 heavy (non-hydrogen) atoms. The summed E-state index contributed by atoms with van der Waals surface area (Å²) in [5.41, 5.74) is 0.760. The molecule has 0 unspecified atom stereocenters. The Morgan fingerprint density at radius 2 is 1.58 bits per heavy atom. The molecule has 0 bridgehead atoms. The molecular formula is C20H25KO4S. The molecule has 0 saturated heterocycles. The summed E-state index contributed by atoms with van der Waals surface area (Å²) >= 11 is 0. The van der Waals surface area contributed by atoms with Crippen molar-refractivity contribution in [2.24, 2.45) is 0 Å². The number of hydrogen-bond acceptors (Lipinski definition) is 4. The van der Waals surface area contributed by atoms with Crippen LogP contribution in [0.4, 0.5) is 0 Å². The van der Waals surface area contributed by atoms with Crippen LogP contribution in [0.1, 0.15) is 51.0 Å². The first-order chi connectivity index (χ1) is 12.0. The van der Waals surface area contributed by atoms with E-state index in [0.29, 0.717) is 17.9 Å². The molecule has 0 aliphatic rings. The molecular weight excluding hydrogens is 375 g/mol. The van der Waals surface area contributed by atoms with Crippen molar-refractivity contribution in [2.75, 3.05) is 0 Å². The van der Waals surface area contributed by atoms with Crippen LogP contribution in [0.25, 0.3) is 0 Å². The molecule has 6 heteroatoms. The van der Waals surface area contributed by atoms with Crippen molar-refractivity contribution < 1.29 is 69.1 Å². The van der Waals surface area contributed by atoms with Gasteiger partial charge in [-0.2, -0.15) is 0 Å². The van der Waals surface area contributed by atoms with Gasteiger partial charge in [0.05, 0.1) is 4.90 Å². The molecule has 2 aromatic rings. The maximum absolute atomic E-state index is 11.3. The Labute approximate surface area is 199 Å². The summed E-state index contributed by atoms with van der Waals surface area (Å²) in [4.78, 5) is -0.200. The minimum atomic E-state index is -4.46. The zero-order chi connectivity index (χ0) is 18.1. The number of rotatable bonds is 10. The average Bonchev–Trinajstić information content (AvgIpc) is 2.59. The number of unbranched alkanes of at least 4 members (excludes halogenated alkanes) is 5. The first-order valence-corrected chi connectivity index (χ1v) is 10.2. The van der Waals surface area contributed by atoms with E-state index < -0.39 is 10.1 Å². The van der Waals surface area contributed by atoms with E-state index in [9.17, 15) is 13.0 Å². The smallest absolute Gasteiger partial charge is 0.744 e. The third-order valence-corrected chi connectivity index (χ3v) is 4.92. The Balaban J connectivity index is 0.00000338. The minimum absolute atomic E-state index is 0. The van der Waals surface area contributed by atoms with Crippen LogP contribution >= 0.6 is 0 Å². The van der Waals surface area contributed by atoms with Crippen LogP contribution < -0.4 is 56.1 Å². The van der Waals surface area contributed by atoms with E-state index in [0.717, 1.165) is 18.4 Å². The molecule has 0 aliphatic carbocycles. The Hall–Kier alpha value is -0.214. The topological polar surface area (TPSA) is 66.4 Å². The van der Waals surface area contributed by atoms with Gasteiger partial charge in [0.15, 0.2) is 0 Å². The Morgan fingerprint density at radius 1 is 0.923 bits per heavy atom. The van der Waals surface area contributed by atoms with E-state index in [1.165, 1.54) is 37.8 Å². The third kappa shape index (κ3) is 8.21. The van der Waals surface area contributed by atoms with Gasteiger partial charge in [0.25, 0.3) is 0 Å². The molecule has 2 rings (SSSR count). The van der Waals surface area contributed by atoms with Gasteiger partial charge >= 0.3 is 51.4 Å². The standard InChI is InChI=1S/C20H26O4S.K/c1-2-3-4-5-6-8-11-17-16-19(25(21,22)23)14-15-20(17)24-18-12-9-7-10-13-18;/h7,9-10,12-16H,2-6,8,11H2,1H3,(H,21,22,23);/q;+1/p-1. The molecule has 0 aliphatic heterocycles. The van der Waals surface area contributed by atoms with Gasteiger partial charge in [-0.1, -0.05) is 57.2 Å². The van der Waals surface area contributed by atoms with Gasteiger partial charge < -0.3 is 9.29 Å². The Bertz CT molecular complexity index is 761. The van der Waals surface area contributed by atoms with Gasteiger partial charge in [-0.25, -0.2) is 8.42 Å². The monoisotopic (exact) mass is 400 g/mol. The minimum Gasteiger partial charge on any atom is -0.744 e. The van der Waals surface area contributed by atoms with Crippen molar-refractivity contribution >= 4 is 10.1 Å². The van der Waals surface area contributed by atoms with Gasteiger partial charge in [0.2, 0.25) is 0 Å². The van der Waals surface area contributed by atoms with Crippen LogP contribution in [0, 0.1) is 0 Å². The molecule has 0 N–H and O–H groups in total. The van der Waals surface area contributed by atoms with E-state index in [1.54, 1.807) is 6.07 Å². The zero-order valence-corrected chi connectivity index (χ0v) is 19.5. The molecule has 0 amide bonds.